The zero-order valence-electron chi connectivity index (χ0n) is 12.9. The van der Waals surface area contributed by atoms with Crippen molar-refractivity contribution in [2.24, 2.45) is 0 Å². The number of carboxylic acid groups (broad SMARTS) is 1. The minimum atomic E-state index is -0.851. The van der Waals surface area contributed by atoms with Gasteiger partial charge >= 0.3 is 5.97 Å². The van der Waals surface area contributed by atoms with Gasteiger partial charge in [0, 0.05) is 12.1 Å². The molecule has 0 aliphatic heterocycles. The van der Waals surface area contributed by atoms with E-state index in [0.717, 1.165) is 12.0 Å². The summed E-state index contributed by atoms with van der Waals surface area (Å²) in [4.78, 5) is 11.2. The summed E-state index contributed by atoms with van der Waals surface area (Å²) in [6.45, 7) is 2.33. The Morgan fingerprint density at radius 1 is 1.19 bits per heavy atom. The van der Waals surface area contributed by atoms with Crippen LogP contribution < -0.4 is 19.5 Å². The minimum Gasteiger partial charge on any atom is -0.493 e. The van der Waals surface area contributed by atoms with E-state index in [-0.39, 0.29) is 0 Å². The fourth-order valence-electron chi connectivity index (χ4n) is 2.14. The average Bonchev–Trinajstić information content (AvgIpc) is 2.49. The van der Waals surface area contributed by atoms with Crippen LogP contribution in [0.1, 0.15) is 25.3 Å². The van der Waals surface area contributed by atoms with Crippen molar-refractivity contribution < 1.29 is 24.1 Å². The van der Waals surface area contributed by atoms with Crippen molar-refractivity contribution in [2.75, 3.05) is 21.3 Å². The Hall–Kier alpha value is -1.95. The summed E-state index contributed by atoms with van der Waals surface area (Å²) in [6.07, 6.45) is 1.37. The smallest absolute Gasteiger partial charge is 0.320 e. The molecule has 118 valence electrons. The number of hydrogen-bond donors (Lipinski definition) is 2. The van der Waals surface area contributed by atoms with Crippen molar-refractivity contribution in [1.29, 1.82) is 0 Å². The van der Waals surface area contributed by atoms with Crippen molar-refractivity contribution in [2.45, 2.75) is 32.4 Å². The van der Waals surface area contributed by atoms with E-state index in [2.05, 4.69) is 5.32 Å². The first-order valence-electron chi connectivity index (χ1n) is 6.83. The van der Waals surface area contributed by atoms with Crippen molar-refractivity contribution in [3.63, 3.8) is 0 Å². The molecule has 0 aromatic heterocycles. The average molecular weight is 297 g/mol. The monoisotopic (exact) mass is 297 g/mol. The first-order chi connectivity index (χ1) is 10.1. The van der Waals surface area contributed by atoms with E-state index in [4.69, 9.17) is 19.3 Å². The maximum atomic E-state index is 11.2. The van der Waals surface area contributed by atoms with Crippen LogP contribution in [-0.2, 0) is 11.3 Å². The highest BCUT2D eigenvalue weighted by atomic mass is 16.5. The predicted octanol–water partition coefficient (Wildman–Crippen LogP) is 2.06. The van der Waals surface area contributed by atoms with Crippen molar-refractivity contribution in [3.8, 4) is 17.2 Å². The first kappa shape index (κ1) is 17.1. The van der Waals surface area contributed by atoms with Crippen LogP contribution in [0.5, 0.6) is 17.2 Å². The second-order valence-corrected chi connectivity index (χ2v) is 4.55. The van der Waals surface area contributed by atoms with Crippen molar-refractivity contribution in [3.05, 3.63) is 17.7 Å². The topological polar surface area (TPSA) is 77.0 Å². The Bertz CT molecular complexity index is 475. The zero-order chi connectivity index (χ0) is 15.8. The summed E-state index contributed by atoms with van der Waals surface area (Å²) >= 11 is 0. The van der Waals surface area contributed by atoms with Gasteiger partial charge in [-0.3, -0.25) is 4.79 Å². The lowest BCUT2D eigenvalue weighted by Crippen LogP contribution is -2.36. The fourth-order valence-corrected chi connectivity index (χ4v) is 2.14. The minimum absolute atomic E-state index is 0.375. The SMILES string of the molecule is CCCC(NCc1ccc(OC)c(OC)c1OC)C(=O)O. The van der Waals surface area contributed by atoms with E-state index in [9.17, 15) is 4.79 Å². The molecular formula is C15H23NO5. The molecule has 0 saturated heterocycles. The van der Waals surface area contributed by atoms with Gasteiger partial charge in [0.15, 0.2) is 11.5 Å². The fraction of sp³-hybridized carbons (Fsp3) is 0.533. The van der Waals surface area contributed by atoms with E-state index in [1.165, 1.54) is 7.11 Å². The van der Waals surface area contributed by atoms with Gasteiger partial charge in [0.25, 0.3) is 0 Å². The molecule has 0 heterocycles. The molecule has 0 fully saturated rings. The van der Waals surface area contributed by atoms with Crippen LogP contribution in [-0.4, -0.2) is 38.4 Å². The van der Waals surface area contributed by atoms with Gasteiger partial charge in [-0.05, 0) is 12.5 Å². The predicted molar refractivity (Wildman–Crippen MR) is 79.3 cm³/mol. The van der Waals surface area contributed by atoms with Crippen LogP contribution in [0.25, 0.3) is 0 Å². The maximum absolute atomic E-state index is 11.2. The normalized spacial score (nSPS) is 11.8. The summed E-state index contributed by atoms with van der Waals surface area (Å²) in [5.74, 6) is 0.768. The molecule has 1 atom stereocenters. The molecule has 0 bridgehead atoms. The molecule has 21 heavy (non-hydrogen) atoms. The molecule has 1 rings (SSSR count). The van der Waals surface area contributed by atoms with E-state index >= 15 is 0 Å². The van der Waals surface area contributed by atoms with Crippen LogP contribution in [0.4, 0.5) is 0 Å². The van der Waals surface area contributed by atoms with Crippen LogP contribution in [0.2, 0.25) is 0 Å². The number of methoxy groups -OCH3 is 3. The molecule has 1 aromatic rings. The second-order valence-electron chi connectivity index (χ2n) is 4.55. The van der Waals surface area contributed by atoms with Gasteiger partial charge in [-0.25, -0.2) is 0 Å². The van der Waals surface area contributed by atoms with E-state index < -0.39 is 12.0 Å². The quantitative estimate of drug-likeness (QED) is 0.726. The van der Waals surface area contributed by atoms with Gasteiger partial charge in [0.2, 0.25) is 5.75 Å². The molecule has 1 unspecified atom stereocenters. The lowest BCUT2D eigenvalue weighted by molar-refractivity contribution is -0.139. The number of carboxylic acids is 1. The number of aliphatic carboxylic acids is 1. The highest BCUT2D eigenvalue weighted by molar-refractivity contribution is 5.73. The van der Waals surface area contributed by atoms with Crippen molar-refractivity contribution >= 4 is 5.97 Å². The molecule has 6 nitrogen and oxygen atoms in total. The largest absolute Gasteiger partial charge is 0.493 e. The number of hydrogen-bond acceptors (Lipinski definition) is 5. The standard InChI is InChI=1S/C15H23NO5/c1-5-6-11(15(17)18)16-9-10-7-8-12(19-2)14(21-4)13(10)20-3/h7-8,11,16H,5-6,9H2,1-4H3,(H,17,18). The first-order valence-corrected chi connectivity index (χ1v) is 6.83. The van der Waals surface area contributed by atoms with Crippen LogP contribution in [0, 0.1) is 0 Å². The molecule has 0 radical (unpaired) electrons. The number of carbonyl (C=O) groups is 1. The Kier molecular flexibility index (Phi) is 6.81. The van der Waals surface area contributed by atoms with Gasteiger partial charge < -0.3 is 24.6 Å². The third-order valence-corrected chi connectivity index (χ3v) is 3.20. The molecule has 0 aliphatic rings. The van der Waals surface area contributed by atoms with Gasteiger partial charge in [-0.15, -0.1) is 0 Å². The Morgan fingerprint density at radius 2 is 1.86 bits per heavy atom. The molecule has 2 N–H and O–H groups in total. The molecule has 0 saturated carbocycles. The summed E-state index contributed by atoms with van der Waals surface area (Å²) in [5, 5.41) is 12.2. The van der Waals surface area contributed by atoms with Gasteiger partial charge in [-0.1, -0.05) is 19.4 Å². The Labute approximate surface area is 125 Å². The summed E-state index contributed by atoms with van der Waals surface area (Å²) < 4.78 is 15.9. The van der Waals surface area contributed by atoms with Crippen LogP contribution >= 0.6 is 0 Å². The second kappa shape index (κ2) is 8.36. The maximum Gasteiger partial charge on any atom is 0.320 e. The number of ether oxygens (including phenoxy) is 3. The highest BCUT2D eigenvalue weighted by Gasteiger charge is 2.19. The lowest BCUT2D eigenvalue weighted by Gasteiger charge is -2.18. The van der Waals surface area contributed by atoms with Gasteiger partial charge in [0.1, 0.15) is 6.04 Å². The third-order valence-electron chi connectivity index (χ3n) is 3.20. The van der Waals surface area contributed by atoms with E-state index in [1.54, 1.807) is 20.3 Å². The van der Waals surface area contributed by atoms with E-state index in [1.807, 2.05) is 13.0 Å². The van der Waals surface area contributed by atoms with Crippen LogP contribution in [0.15, 0.2) is 12.1 Å². The van der Waals surface area contributed by atoms with Crippen molar-refractivity contribution in [1.82, 2.24) is 5.32 Å². The van der Waals surface area contributed by atoms with E-state index in [0.29, 0.717) is 30.2 Å². The lowest BCUT2D eigenvalue weighted by atomic mass is 10.1. The molecule has 0 spiro atoms. The molecule has 0 aliphatic carbocycles. The number of rotatable bonds is 9. The number of benzene rings is 1. The molecular weight excluding hydrogens is 274 g/mol. The number of nitrogens with one attached hydrogen (secondary N) is 1. The third kappa shape index (κ3) is 4.26. The molecule has 0 amide bonds. The van der Waals surface area contributed by atoms with Gasteiger partial charge in [0.05, 0.1) is 21.3 Å². The summed E-state index contributed by atoms with van der Waals surface area (Å²) in [5.41, 5.74) is 0.817. The Morgan fingerprint density at radius 3 is 2.33 bits per heavy atom. The summed E-state index contributed by atoms with van der Waals surface area (Å²) in [6, 6.07) is 3.03. The van der Waals surface area contributed by atoms with Gasteiger partial charge in [-0.2, -0.15) is 0 Å². The molecule has 1 aromatic carbocycles. The Balaban J connectivity index is 2.95. The molecule has 6 heteroatoms. The zero-order valence-corrected chi connectivity index (χ0v) is 12.9. The summed E-state index contributed by atoms with van der Waals surface area (Å²) in [7, 11) is 4.63. The highest BCUT2D eigenvalue weighted by Crippen LogP contribution is 2.39. The van der Waals surface area contributed by atoms with Crippen LogP contribution in [0.3, 0.4) is 0 Å².